The molecule has 0 aromatic heterocycles. The molecule has 104 valence electrons. The summed E-state index contributed by atoms with van der Waals surface area (Å²) in [5.41, 5.74) is 1.65. The molecule has 4 nitrogen and oxygen atoms in total. The number of aliphatic carboxylic acids is 1. The highest BCUT2D eigenvalue weighted by Gasteiger charge is 2.09. The first-order valence-electron chi connectivity index (χ1n) is 5.97. The van der Waals surface area contributed by atoms with Crippen LogP contribution in [0.3, 0.4) is 0 Å². The average molecular weight is 283 g/mol. The van der Waals surface area contributed by atoms with Crippen LogP contribution in [0, 0.1) is 0 Å². The predicted octanol–water partition coefficient (Wildman–Crippen LogP) is 2.44. The molecule has 0 saturated heterocycles. The highest BCUT2D eigenvalue weighted by molar-refractivity contribution is 6.32. The van der Waals surface area contributed by atoms with Crippen LogP contribution in [0.1, 0.15) is 5.56 Å². The number of benzene rings is 1. The summed E-state index contributed by atoms with van der Waals surface area (Å²) in [6, 6.07) is 5.55. The summed E-state index contributed by atoms with van der Waals surface area (Å²) in [6.45, 7) is 1.74. The van der Waals surface area contributed by atoms with E-state index in [2.05, 4.69) is 9.80 Å². The van der Waals surface area contributed by atoms with Gasteiger partial charge in [0.05, 0.1) is 0 Å². The van der Waals surface area contributed by atoms with Gasteiger partial charge >= 0.3 is 5.97 Å². The zero-order chi connectivity index (χ0) is 14.4. The monoisotopic (exact) mass is 282 g/mol. The van der Waals surface area contributed by atoms with Crippen LogP contribution in [-0.4, -0.2) is 50.2 Å². The molecule has 1 aromatic carbocycles. The van der Waals surface area contributed by atoms with Crippen LogP contribution >= 0.6 is 11.6 Å². The fourth-order valence-electron chi connectivity index (χ4n) is 1.65. The van der Waals surface area contributed by atoms with Gasteiger partial charge in [0.2, 0.25) is 0 Å². The Morgan fingerprint density at radius 3 is 2.58 bits per heavy atom. The van der Waals surface area contributed by atoms with E-state index in [1.54, 1.807) is 6.07 Å². The van der Waals surface area contributed by atoms with Crippen LogP contribution in [0.25, 0.3) is 6.08 Å². The fraction of sp³-hybridized carbons (Fsp3) is 0.357. The highest BCUT2D eigenvalue weighted by Crippen LogP contribution is 2.28. The van der Waals surface area contributed by atoms with Gasteiger partial charge in [-0.05, 0) is 32.3 Å². The first-order chi connectivity index (χ1) is 8.91. The average Bonchev–Trinajstić information content (AvgIpc) is 2.33. The van der Waals surface area contributed by atoms with Crippen molar-refractivity contribution in [2.75, 3.05) is 39.1 Å². The van der Waals surface area contributed by atoms with Crippen molar-refractivity contribution in [3.63, 3.8) is 0 Å². The molecule has 0 heterocycles. The number of halogens is 1. The number of carboxylic acid groups (broad SMARTS) is 1. The Bertz CT molecular complexity index is 473. The Morgan fingerprint density at radius 2 is 2.00 bits per heavy atom. The number of rotatable bonds is 6. The normalized spacial score (nSPS) is 11.2. The van der Waals surface area contributed by atoms with Gasteiger partial charge < -0.3 is 14.9 Å². The van der Waals surface area contributed by atoms with Gasteiger partial charge in [0.25, 0.3) is 0 Å². The Labute approximate surface area is 118 Å². The molecule has 0 aliphatic rings. The zero-order valence-corrected chi connectivity index (χ0v) is 12.2. The van der Waals surface area contributed by atoms with E-state index in [1.165, 1.54) is 6.08 Å². The maximum absolute atomic E-state index is 10.6. The molecule has 1 rings (SSSR count). The van der Waals surface area contributed by atoms with Gasteiger partial charge in [-0.3, -0.25) is 0 Å². The Morgan fingerprint density at radius 1 is 1.32 bits per heavy atom. The SMILES string of the molecule is CN(C)CCN(C)c1cccc(Cl)c1C=CC(=O)O. The van der Waals surface area contributed by atoms with Gasteiger partial charge in [-0.25, -0.2) is 4.79 Å². The van der Waals surface area contributed by atoms with E-state index in [4.69, 9.17) is 16.7 Å². The number of carboxylic acids is 1. The van der Waals surface area contributed by atoms with Gasteiger partial charge in [0.15, 0.2) is 0 Å². The van der Waals surface area contributed by atoms with Crippen molar-refractivity contribution in [3.8, 4) is 0 Å². The quantitative estimate of drug-likeness (QED) is 0.814. The summed E-state index contributed by atoms with van der Waals surface area (Å²) in [4.78, 5) is 14.8. The molecule has 0 bridgehead atoms. The van der Waals surface area contributed by atoms with Crippen LogP contribution in [0.4, 0.5) is 5.69 Å². The van der Waals surface area contributed by atoms with Crippen molar-refractivity contribution >= 4 is 29.3 Å². The Balaban J connectivity index is 2.99. The maximum atomic E-state index is 10.6. The molecule has 0 unspecified atom stereocenters. The van der Waals surface area contributed by atoms with Crippen LogP contribution in [0.15, 0.2) is 24.3 Å². The second-order valence-electron chi connectivity index (χ2n) is 4.57. The third-order valence-corrected chi connectivity index (χ3v) is 3.05. The summed E-state index contributed by atoms with van der Waals surface area (Å²) in [7, 11) is 5.99. The van der Waals surface area contributed by atoms with E-state index in [-0.39, 0.29) is 0 Å². The first kappa shape index (κ1) is 15.5. The molecular weight excluding hydrogens is 264 g/mol. The summed E-state index contributed by atoms with van der Waals surface area (Å²) < 4.78 is 0. The van der Waals surface area contributed by atoms with Crippen molar-refractivity contribution in [1.29, 1.82) is 0 Å². The lowest BCUT2D eigenvalue weighted by Gasteiger charge is -2.23. The smallest absolute Gasteiger partial charge is 0.328 e. The third kappa shape index (κ3) is 4.93. The van der Waals surface area contributed by atoms with E-state index in [0.29, 0.717) is 5.02 Å². The summed E-state index contributed by atoms with van der Waals surface area (Å²) in [5.74, 6) is -0.984. The minimum Gasteiger partial charge on any atom is -0.478 e. The summed E-state index contributed by atoms with van der Waals surface area (Å²) in [5, 5.41) is 9.27. The minimum absolute atomic E-state index is 0.548. The lowest BCUT2D eigenvalue weighted by Crippen LogP contribution is -2.28. The standard InChI is InChI=1S/C14H19ClN2O2/c1-16(2)9-10-17(3)13-6-4-5-12(15)11(13)7-8-14(18)19/h4-8H,9-10H2,1-3H3,(H,18,19). The van der Waals surface area contributed by atoms with Crippen molar-refractivity contribution in [3.05, 3.63) is 34.9 Å². The van der Waals surface area contributed by atoms with Crippen molar-refractivity contribution in [1.82, 2.24) is 4.90 Å². The molecule has 0 aliphatic carbocycles. The van der Waals surface area contributed by atoms with Crippen molar-refractivity contribution in [2.24, 2.45) is 0 Å². The number of carbonyl (C=O) groups is 1. The Hall–Kier alpha value is -1.52. The first-order valence-corrected chi connectivity index (χ1v) is 6.35. The molecule has 0 amide bonds. The minimum atomic E-state index is -0.984. The van der Waals surface area contributed by atoms with Crippen molar-refractivity contribution in [2.45, 2.75) is 0 Å². The number of hydrogen-bond donors (Lipinski definition) is 1. The molecule has 0 aliphatic heterocycles. The molecule has 0 radical (unpaired) electrons. The zero-order valence-electron chi connectivity index (χ0n) is 11.4. The lowest BCUT2D eigenvalue weighted by molar-refractivity contribution is -0.131. The van der Waals surface area contributed by atoms with E-state index >= 15 is 0 Å². The number of anilines is 1. The van der Waals surface area contributed by atoms with Gasteiger partial charge in [-0.2, -0.15) is 0 Å². The van der Waals surface area contributed by atoms with E-state index in [1.807, 2.05) is 33.3 Å². The van der Waals surface area contributed by atoms with Gasteiger partial charge in [0, 0.05) is 42.5 Å². The van der Waals surface area contributed by atoms with Gasteiger partial charge in [-0.15, -0.1) is 0 Å². The van der Waals surface area contributed by atoms with Crippen LogP contribution in [0.2, 0.25) is 5.02 Å². The fourth-order valence-corrected chi connectivity index (χ4v) is 1.88. The molecule has 0 saturated carbocycles. The maximum Gasteiger partial charge on any atom is 0.328 e. The van der Waals surface area contributed by atoms with Crippen LogP contribution in [0.5, 0.6) is 0 Å². The highest BCUT2D eigenvalue weighted by atomic mass is 35.5. The van der Waals surface area contributed by atoms with Crippen LogP contribution in [-0.2, 0) is 4.79 Å². The molecule has 1 aromatic rings. The number of nitrogens with zero attached hydrogens (tertiary/aromatic N) is 2. The topological polar surface area (TPSA) is 43.8 Å². The predicted molar refractivity (Wildman–Crippen MR) is 79.9 cm³/mol. The van der Waals surface area contributed by atoms with E-state index < -0.39 is 5.97 Å². The number of likely N-dealkylation sites (N-methyl/N-ethyl adjacent to an activating group) is 2. The lowest BCUT2D eigenvalue weighted by atomic mass is 10.1. The second-order valence-corrected chi connectivity index (χ2v) is 4.98. The molecule has 1 N–H and O–H groups in total. The molecule has 0 fully saturated rings. The molecule has 0 spiro atoms. The number of hydrogen-bond acceptors (Lipinski definition) is 3. The largest absolute Gasteiger partial charge is 0.478 e. The Kier molecular flexibility index (Phi) is 5.86. The van der Waals surface area contributed by atoms with Gasteiger partial charge in [-0.1, -0.05) is 17.7 Å². The molecular formula is C14H19ClN2O2. The molecule has 0 atom stereocenters. The molecule has 5 heteroatoms. The van der Waals surface area contributed by atoms with Gasteiger partial charge in [0.1, 0.15) is 0 Å². The van der Waals surface area contributed by atoms with Crippen LogP contribution < -0.4 is 4.90 Å². The molecule has 19 heavy (non-hydrogen) atoms. The second kappa shape index (κ2) is 7.16. The van der Waals surface area contributed by atoms with E-state index in [0.717, 1.165) is 30.4 Å². The summed E-state index contributed by atoms with van der Waals surface area (Å²) in [6.07, 6.45) is 2.64. The van der Waals surface area contributed by atoms with E-state index in [9.17, 15) is 4.79 Å². The van der Waals surface area contributed by atoms with Crippen molar-refractivity contribution < 1.29 is 9.90 Å². The third-order valence-electron chi connectivity index (χ3n) is 2.72. The summed E-state index contributed by atoms with van der Waals surface area (Å²) >= 11 is 6.14.